The summed E-state index contributed by atoms with van der Waals surface area (Å²) >= 11 is 7.57. The monoisotopic (exact) mass is 356 g/mol. The SMILES string of the molecule is O=c1[nH]c(=O)n([C@H]2CC[C@@H](CCl)O2)cc1I. The van der Waals surface area contributed by atoms with Gasteiger partial charge in [-0.2, -0.15) is 0 Å². The summed E-state index contributed by atoms with van der Waals surface area (Å²) in [5.74, 6) is 0.422. The molecule has 0 aliphatic carbocycles. The molecule has 0 saturated carbocycles. The highest BCUT2D eigenvalue weighted by Gasteiger charge is 2.26. The predicted octanol–water partition coefficient (Wildman–Crippen LogP) is 1.06. The minimum absolute atomic E-state index is 0.0110. The number of alkyl halides is 1. The maximum Gasteiger partial charge on any atom is 0.330 e. The van der Waals surface area contributed by atoms with Gasteiger partial charge in [0.2, 0.25) is 0 Å². The lowest BCUT2D eigenvalue weighted by Crippen LogP contribution is -2.33. The molecule has 1 saturated heterocycles. The van der Waals surface area contributed by atoms with Crippen molar-refractivity contribution in [3.63, 3.8) is 0 Å². The highest BCUT2D eigenvalue weighted by atomic mass is 127. The largest absolute Gasteiger partial charge is 0.353 e. The summed E-state index contributed by atoms with van der Waals surface area (Å²) in [5, 5.41) is 0. The van der Waals surface area contributed by atoms with Crippen molar-refractivity contribution in [3.8, 4) is 0 Å². The predicted molar refractivity (Wildman–Crippen MR) is 67.9 cm³/mol. The summed E-state index contributed by atoms with van der Waals surface area (Å²) < 4.78 is 7.46. The Balaban J connectivity index is 2.32. The summed E-state index contributed by atoms with van der Waals surface area (Å²) in [6, 6.07) is 0. The molecule has 1 aliphatic heterocycles. The smallest absolute Gasteiger partial charge is 0.330 e. The van der Waals surface area contributed by atoms with E-state index >= 15 is 0 Å². The summed E-state index contributed by atoms with van der Waals surface area (Å²) in [6.07, 6.45) is 2.75. The van der Waals surface area contributed by atoms with E-state index in [0.717, 1.165) is 12.8 Å². The van der Waals surface area contributed by atoms with E-state index in [9.17, 15) is 9.59 Å². The highest BCUT2D eigenvalue weighted by Crippen LogP contribution is 2.27. The summed E-state index contributed by atoms with van der Waals surface area (Å²) in [4.78, 5) is 25.0. The fraction of sp³-hybridized carbons (Fsp3) is 0.556. The van der Waals surface area contributed by atoms with Crippen molar-refractivity contribution in [2.45, 2.75) is 25.2 Å². The van der Waals surface area contributed by atoms with Gasteiger partial charge in [-0.3, -0.25) is 14.3 Å². The Hall–Kier alpha value is -0.340. The van der Waals surface area contributed by atoms with Gasteiger partial charge in [0.1, 0.15) is 6.23 Å². The van der Waals surface area contributed by atoms with Gasteiger partial charge >= 0.3 is 5.69 Å². The molecule has 5 nitrogen and oxygen atoms in total. The lowest BCUT2D eigenvalue weighted by atomic mass is 10.2. The van der Waals surface area contributed by atoms with Crippen LogP contribution in [0.4, 0.5) is 0 Å². The Kier molecular flexibility index (Phi) is 3.70. The molecule has 1 aromatic heterocycles. The molecule has 2 heterocycles. The van der Waals surface area contributed by atoms with E-state index in [2.05, 4.69) is 4.98 Å². The van der Waals surface area contributed by atoms with Crippen molar-refractivity contribution in [1.29, 1.82) is 0 Å². The third-order valence-corrected chi connectivity index (χ3v) is 3.60. The molecule has 1 aromatic rings. The van der Waals surface area contributed by atoms with E-state index in [1.165, 1.54) is 10.8 Å². The van der Waals surface area contributed by atoms with Crippen LogP contribution in [0, 0.1) is 3.57 Å². The van der Waals surface area contributed by atoms with Gasteiger partial charge in [-0.15, -0.1) is 11.6 Å². The van der Waals surface area contributed by atoms with E-state index in [0.29, 0.717) is 9.45 Å². The molecular weight excluding hydrogens is 346 g/mol. The van der Waals surface area contributed by atoms with Crippen LogP contribution >= 0.6 is 34.2 Å². The van der Waals surface area contributed by atoms with E-state index in [-0.39, 0.29) is 17.9 Å². The first-order chi connectivity index (χ1) is 7.61. The summed E-state index contributed by atoms with van der Waals surface area (Å²) in [6.45, 7) is 0. The molecule has 1 fully saturated rings. The van der Waals surface area contributed by atoms with E-state index in [1.54, 1.807) is 0 Å². The van der Waals surface area contributed by atoms with Crippen LogP contribution in [0.25, 0.3) is 0 Å². The fourth-order valence-corrected chi connectivity index (χ4v) is 2.34. The van der Waals surface area contributed by atoms with Crippen LogP contribution in [-0.4, -0.2) is 21.5 Å². The topological polar surface area (TPSA) is 64.1 Å². The normalized spacial score (nSPS) is 24.9. The number of rotatable bonds is 2. The Morgan fingerprint density at radius 1 is 1.56 bits per heavy atom. The molecule has 0 amide bonds. The maximum absolute atomic E-state index is 11.6. The van der Waals surface area contributed by atoms with Crippen molar-refractivity contribution < 1.29 is 4.74 Å². The molecule has 0 bridgehead atoms. The molecule has 2 atom stereocenters. The molecule has 88 valence electrons. The number of nitrogens with one attached hydrogen (secondary N) is 1. The third kappa shape index (κ3) is 2.33. The molecule has 0 aromatic carbocycles. The lowest BCUT2D eigenvalue weighted by molar-refractivity contribution is 0.00930. The molecule has 16 heavy (non-hydrogen) atoms. The number of aromatic amines is 1. The number of halogens is 2. The number of ether oxygens (including phenoxy) is 1. The fourth-order valence-electron chi connectivity index (χ4n) is 1.68. The molecular formula is C9H10ClIN2O3. The van der Waals surface area contributed by atoms with Crippen molar-refractivity contribution in [2.24, 2.45) is 0 Å². The Labute approximate surface area is 110 Å². The van der Waals surface area contributed by atoms with Gasteiger partial charge in [0.05, 0.1) is 9.67 Å². The summed E-state index contributed by atoms with van der Waals surface area (Å²) in [7, 11) is 0. The molecule has 0 spiro atoms. The Morgan fingerprint density at radius 3 is 2.94 bits per heavy atom. The van der Waals surface area contributed by atoms with Gasteiger partial charge in [-0.25, -0.2) is 4.79 Å². The van der Waals surface area contributed by atoms with Crippen LogP contribution in [0.1, 0.15) is 19.1 Å². The first kappa shape index (κ1) is 12.1. The van der Waals surface area contributed by atoms with E-state index < -0.39 is 5.69 Å². The number of hydrogen-bond donors (Lipinski definition) is 1. The minimum Gasteiger partial charge on any atom is -0.353 e. The molecule has 0 radical (unpaired) electrons. The zero-order chi connectivity index (χ0) is 11.7. The maximum atomic E-state index is 11.6. The van der Waals surface area contributed by atoms with E-state index in [4.69, 9.17) is 16.3 Å². The number of nitrogens with zero attached hydrogens (tertiary/aromatic N) is 1. The van der Waals surface area contributed by atoms with Crippen LogP contribution in [0.2, 0.25) is 0 Å². The third-order valence-electron chi connectivity index (χ3n) is 2.49. The van der Waals surface area contributed by atoms with Crippen LogP contribution < -0.4 is 11.2 Å². The highest BCUT2D eigenvalue weighted by molar-refractivity contribution is 14.1. The molecule has 0 unspecified atom stereocenters. The number of aromatic nitrogens is 2. The van der Waals surface area contributed by atoms with Gasteiger partial charge in [0.25, 0.3) is 5.56 Å². The second-order valence-electron chi connectivity index (χ2n) is 3.59. The molecule has 7 heteroatoms. The van der Waals surface area contributed by atoms with Crippen molar-refractivity contribution >= 4 is 34.2 Å². The minimum atomic E-state index is -0.439. The first-order valence-corrected chi connectivity index (χ1v) is 6.45. The van der Waals surface area contributed by atoms with E-state index in [1.807, 2.05) is 22.6 Å². The van der Waals surface area contributed by atoms with Gasteiger partial charge in [0, 0.05) is 12.1 Å². The molecule has 2 rings (SSSR count). The second-order valence-corrected chi connectivity index (χ2v) is 5.06. The lowest BCUT2D eigenvalue weighted by Gasteiger charge is -2.14. The van der Waals surface area contributed by atoms with Gasteiger partial charge < -0.3 is 4.74 Å². The standard InChI is InChI=1S/C9H10ClIN2O3/c10-3-5-1-2-7(16-5)13-4-6(11)8(14)12-9(13)15/h4-5,7H,1-3H2,(H,12,14,15)/t5-,7+/m0/s1. The second kappa shape index (κ2) is 4.89. The molecule has 1 aliphatic rings. The summed E-state index contributed by atoms with van der Waals surface area (Å²) in [5.41, 5.74) is -0.806. The average molecular weight is 357 g/mol. The molecule has 1 N–H and O–H groups in total. The zero-order valence-corrected chi connectivity index (χ0v) is 11.2. The average Bonchev–Trinajstić information content (AvgIpc) is 2.71. The zero-order valence-electron chi connectivity index (χ0n) is 8.28. The van der Waals surface area contributed by atoms with Gasteiger partial charge in [0.15, 0.2) is 0 Å². The van der Waals surface area contributed by atoms with Crippen molar-refractivity contribution in [3.05, 3.63) is 30.6 Å². The van der Waals surface area contributed by atoms with Crippen molar-refractivity contribution in [1.82, 2.24) is 9.55 Å². The Morgan fingerprint density at radius 2 is 2.31 bits per heavy atom. The van der Waals surface area contributed by atoms with Crippen LogP contribution in [0.5, 0.6) is 0 Å². The van der Waals surface area contributed by atoms with Gasteiger partial charge in [-0.05, 0) is 35.4 Å². The number of H-pyrrole nitrogens is 1. The van der Waals surface area contributed by atoms with Crippen LogP contribution in [0.3, 0.4) is 0 Å². The number of hydrogen-bond acceptors (Lipinski definition) is 3. The van der Waals surface area contributed by atoms with Gasteiger partial charge in [-0.1, -0.05) is 0 Å². The Bertz CT molecular complexity index is 498. The van der Waals surface area contributed by atoms with Crippen LogP contribution in [0.15, 0.2) is 15.8 Å². The van der Waals surface area contributed by atoms with Crippen LogP contribution in [-0.2, 0) is 4.74 Å². The quantitative estimate of drug-likeness (QED) is 0.636. The van der Waals surface area contributed by atoms with Crippen molar-refractivity contribution in [2.75, 3.05) is 5.88 Å². The first-order valence-electron chi connectivity index (χ1n) is 4.84.